The second kappa shape index (κ2) is 5.67. The monoisotopic (exact) mass is 182 g/mol. The molecule has 0 aromatic carbocycles. The SMILES string of the molecule is CCC(CC)CC1CCCC(C)C1. The topological polar surface area (TPSA) is 0 Å². The van der Waals surface area contributed by atoms with E-state index in [-0.39, 0.29) is 0 Å². The Morgan fingerprint density at radius 1 is 1.15 bits per heavy atom. The first-order chi connectivity index (χ1) is 6.26. The van der Waals surface area contributed by atoms with Gasteiger partial charge in [0.1, 0.15) is 0 Å². The van der Waals surface area contributed by atoms with Crippen LogP contribution in [-0.2, 0) is 0 Å². The minimum Gasteiger partial charge on any atom is -0.0651 e. The largest absolute Gasteiger partial charge is 0.0651 e. The third kappa shape index (κ3) is 3.70. The predicted molar refractivity (Wildman–Crippen MR) is 59.8 cm³/mol. The van der Waals surface area contributed by atoms with E-state index in [9.17, 15) is 0 Å². The van der Waals surface area contributed by atoms with Crippen molar-refractivity contribution in [3.05, 3.63) is 0 Å². The molecule has 13 heavy (non-hydrogen) atoms. The van der Waals surface area contributed by atoms with Gasteiger partial charge in [0.05, 0.1) is 0 Å². The number of hydrogen-bond donors (Lipinski definition) is 0. The van der Waals surface area contributed by atoms with Gasteiger partial charge < -0.3 is 0 Å². The van der Waals surface area contributed by atoms with E-state index in [4.69, 9.17) is 0 Å². The molecule has 0 aromatic rings. The van der Waals surface area contributed by atoms with Gasteiger partial charge in [0.15, 0.2) is 0 Å². The normalized spacial score (nSPS) is 29.5. The van der Waals surface area contributed by atoms with E-state index in [0.29, 0.717) is 0 Å². The summed E-state index contributed by atoms with van der Waals surface area (Å²) >= 11 is 0. The van der Waals surface area contributed by atoms with Gasteiger partial charge >= 0.3 is 0 Å². The molecule has 2 atom stereocenters. The molecule has 1 aliphatic carbocycles. The first kappa shape index (κ1) is 11.1. The molecule has 0 saturated heterocycles. The molecule has 1 rings (SSSR count). The molecular formula is C13H26. The van der Waals surface area contributed by atoms with Crippen molar-refractivity contribution in [2.75, 3.05) is 0 Å². The maximum Gasteiger partial charge on any atom is -0.0409 e. The van der Waals surface area contributed by atoms with E-state index >= 15 is 0 Å². The Balaban J connectivity index is 2.26. The van der Waals surface area contributed by atoms with Gasteiger partial charge in [-0.1, -0.05) is 52.9 Å². The Labute approximate surface area is 84.1 Å². The molecule has 0 amide bonds. The third-order valence-corrected chi connectivity index (χ3v) is 3.87. The molecular weight excluding hydrogens is 156 g/mol. The maximum atomic E-state index is 2.43. The Morgan fingerprint density at radius 3 is 2.38 bits per heavy atom. The van der Waals surface area contributed by atoms with Crippen LogP contribution in [0.3, 0.4) is 0 Å². The lowest BCUT2D eigenvalue weighted by molar-refractivity contribution is 0.233. The highest BCUT2D eigenvalue weighted by molar-refractivity contribution is 4.72. The number of hydrogen-bond acceptors (Lipinski definition) is 0. The molecule has 0 nitrogen and oxygen atoms in total. The van der Waals surface area contributed by atoms with E-state index in [2.05, 4.69) is 20.8 Å². The molecule has 0 heteroatoms. The average Bonchev–Trinajstić information content (AvgIpc) is 2.14. The summed E-state index contributed by atoms with van der Waals surface area (Å²) in [6.07, 6.45) is 10.3. The van der Waals surface area contributed by atoms with Crippen LogP contribution in [0.4, 0.5) is 0 Å². The van der Waals surface area contributed by atoms with Gasteiger partial charge in [-0.2, -0.15) is 0 Å². The van der Waals surface area contributed by atoms with Crippen molar-refractivity contribution in [3.8, 4) is 0 Å². The smallest absolute Gasteiger partial charge is 0.0409 e. The fourth-order valence-corrected chi connectivity index (χ4v) is 2.87. The van der Waals surface area contributed by atoms with Crippen molar-refractivity contribution < 1.29 is 0 Å². The van der Waals surface area contributed by atoms with Gasteiger partial charge in [-0.25, -0.2) is 0 Å². The van der Waals surface area contributed by atoms with Crippen molar-refractivity contribution in [2.45, 2.75) is 65.7 Å². The van der Waals surface area contributed by atoms with Gasteiger partial charge in [0.2, 0.25) is 0 Å². The van der Waals surface area contributed by atoms with E-state index < -0.39 is 0 Å². The Kier molecular flexibility index (Phi) is 4.83. The van der Waals surface area contributed by atoms with Gasteiger partial charge in [0.25, 0.3) is 0 Å². The Bertz CT molecular complexity index is 124. The molecule has 0 spiro atoms. The lowest BCUT2D eigenvalue weighted by Gasteiger charge is -2.29. The van der Waals surface area contributed by atoms with E-state index in [1.54, 1.807) is 0 Å². The molecule has 1 fully saturated rings. The summed E-state index contributed by atoms with van der Waals surface area (Å²) in [5.41, 5.74) is 0. The van der Waals surface area contributed by atoms with Crippen molar-refractivity contribution in [2.24, 2.45) is 17.8 Å². The van der Waals surface area contributed by atoms with Crippen molar-refractivity contribution in [3.63, 3.8) is 0 Å². The van der Waals surface area contributed by atoms with Crippen LogP contribution < -0.4 is 0 Å². The Hall–Kier alpha value is 0. The highest BCUT2D eigenvalue weighted by Crippen LogP contribution is 2.34. The fourth-order valence-electron chi connectivity index (χ4n) is 2.87. The molecule has 1 aliphatic rings. The zero-order valence-electron chi connectivity index (χ0n) is 9.68. The van der Waals surface area contributed by atoms with Gasteiger partial charge in [0, 0.05) is 0 Å². The van der Waals surface area contributed by atoms with Crippen LogP contribution in [0.1, 0.15) is 65.7 Å². The molecule has 0 bridgehead atoms. The van der Waals surface area contributed by atoms with Crippen LogP contribution in [0.2, 0.25) is 0 Å². The van der Waals surface area contributed by atoms with Crippen LogP contribution in [0.25, 0.3) is 0 Å². The summed E-state index contributed by atoms with van der Waals surface area (Å²) in [5, 5.41) is 0. The summed E-state index contributed by atoms with van der Waals surface area (Å²) in [7, 11) is 0. The molecule has 0 aliphatic heterocycles. The van der Waals surface area contributed by atoms with Crippen LogP contribution in [0.15, 0.2) is 0 Å². The highest BCUT2D eigenvalue weighted by Gasteiger charge is 2.20. The molecule has 0 N–H and O–H groups in total. The van der Waals surface area contributed by atoms with E-state index in [1.165, 1.54) is 44.9 Å². The van der Waals surface area contributed by atoms with Crippen LogP contribution in [-0.4, -0.2) is 0 Å². The van der Waals surface area contributed by atoms with Crippen molar-refractivity contribution in [1.29, 1.82) is 0 Å². The first-order valence-corrected chi connectivity index (χ1v) is 6.26. The summed E-state index contributed by atoms with van der Waals surface area (Å²) in [5.74, 6) is 3.08. The van der Waals surface area contributed by atoms with E-state index in [1.807, 2.05) is 0 Å². The zero-order valence-corrected chi connectivity index (χ0v) is 9.68. The molecule has 78 valence electrons. The maximum absolute atomic E-state index is 2.43. The summed E-state index contributed by atoms with van der Waals surface area (Å²) in [6, 6.07) is 0. The highest BCUT2D eigenvalue weighted by atomic mass is 14.3. The van der Waals surface area contributed by atoms with Gasteiger partial charge in [-0.15, -0.1) is 0 Å². The lowest BCUT2D eigenvalue weighted by atomic mass is 9.77. The zero-order chi connectivity index (χ0) is 9.68. The average molecular weight is 182 g/mol. The van der Waals surface area contributed by atoms with Crippen LogP contribution >= 0.6 is 0 Å². The van der Waals surface area contributed by atoms with Crippen LogP contribution in [0, 0.1) is 17.8 Å². The van der Waals surface area contributed by atoms with E-state index in [0.717, 1.165) is 17.8 Å². The second-order valence-corrected chi connectivity index (χ2v) is 5.06. The van der Waals surface area contributed by atoms with Crippen LogP contribution in [0.5, 0.6) is 0 Å². The quantitative estimate of drug-likeness (QED) is 0.594. The first-order valence-electron chi connectivity index (χ1n) is 6.26. The van der Waals surface area contributed by atoms with Gasteiger partial charge in [-0.05, 0) is 30.6 Å². The lowest BCUT2D eigenvalue weighted by Crippen LogP contribution is -2.16. The minimum atomic E-state index is 1.01. The Morgan fingerprint density at radius 2 is 1.85 bits per heavy atom. The fraction of sp³-hybridized carbons (Fsp3) is 1.00. The standard InChI is InChI=1S/C13H26/c1-4-12(5-2)10-13-8-6-7-11(3)9-13/h11-13H,4-10H2,1-3H3. The summed E-state index contributed by atoms with van der Waals surface area (Å²) in [6.45, 7) is 7.12. The summed E-state index contributed by atoms with van der Waals surface area (Å²) in [4.78, 5) is 0. The molecule has 0 aromatic heterocycles. The number of rotatable bonds is 4. The van der Waals surface area contributed by atoms with Crippen molar-refractivity contribution in [1.82, 2.24) is 0 Å². The molecule has 0 radical (unpaired) electrons. The molecule has 1 saturated carbocycles. The second-order valence-electron chi connectivity index (χ2n) is 5.06. The van der Waals surface area contributed by atoms with Crippen molar-refractivity contribution >= 4 is 0 Å². The minimum absolute atomic E-state index is 1.01. The molecule has 2 unspecified atom stereocenters. The molecule has 0 heterocycles. The summed E-state index contributed by atoms with van der Waals surface area (Å²) < 4.78 is 0. The van der Waals surface area contributed by atoms with Gasteiger partial charge in [-0.3, -0.25) is 0 Å². The predicted octanol–water partition coefficient (Wildman–Crippen LogP) is 4.64. The third-order valence-electron chi connectivity index (χ3n) is 3.87.